The van der Waals surface area contributed by atoms with Crippen LogP contribution < -0.4 is 0 Å². The molecule has 2 unspecified atom stereocenters. The molecule has 0 aromatic carbocycles. The Morgan fingerprint density at radius 3 is 3.14 bits per heavy atom. The molecule has 3 nitrogen and oxygen atoms in total. The molecule has 0 saturated carbocycles. The van der Waals surface area contributed by atoms with Crippen molar-refractivity contribution in [1.82, 2.24) is 4.90 Å². The third kappa shape index (κ3) is 1.88. The van der Waals surface area contributed by atoms with Gasteiger partial charge in [-0.15, -0.1) is 0 Å². The molecule has 0 aromatic heterocycles. The van der Waals surface area contributed by atoms with E-state index in [1.54, 1.807) is 0 Å². The lowest BCUT2D eigenvalue weighted by Gasteiger charge is -2.41. The fourth-order valence-electron chi connectivity index (χ4n) is 2.51. The monoisotopic (exact) mass is 195 g/mol. The van der Waals surface area contributed by atoms with Gasteiger partial charge in [-0.1, -0.05) is 12.2 Å². The molecule has 0 bridgehead atoms. The smallest absolute Gasteiger partial charge is 0.136 e. The molecule has 1 saturated heterocycles. The lowest BCUT2D eigenvalue weighted by Crippen LogP contribution is -2.50. The van der Waals surface area contributed by atoms with Crippen LogP contribution in [0.25, 0.3) is 0 Å². The Kier molecular flexibility index (Phi) is 2.99. The quantitative estimate of drug-likeness (QED) is 0.660. The predicted molar refractivity (Wildman–Crippen MR) is 54.0 cm³/mol. The van der Waals surface area contributed by atoms with Gasteiger partial charge in [-0.2, -0.15) is 0 Å². The number of aliphatic hydroxyl groups excluding tert-OH is 1. The molecule has 1 fully saturated rings. The molecule has 78 valence electrons. The highest BCUT2D eigenvalue weighted by Gasteiger charge is 2.33. The van der Waals surface area contributed by atoms with E-state index in [-0.39, 0.29) is 12.6 Å². The van der Waals surface area contributed by atoms with Crippen LogP contribution in [0, 0.1) is 0 Å². The Bertz CT molecular complexity index is 250. The summed E-state index contributed by atoms with van der Waals surface area (Å²) in [5.41, 5.74) is 0. The van der Waals surface area contributed by atoms with Gasteiger partial charge in [0.05, 0.1) is 0 Å². The summed E-state index contributed by atoms with van der Waals surface area (Å²) in [5.74, 6) is 0.344. The van der Waals surface area contributed by atoms with Crippen LogP contribution in [-0.2, 0) is 4.79 Å². The summed E-state index contributed by atoms with van der Waals surface area (Å²) in [6.07, 6.45) is 7.41. The standard InChI is InChI=1S/C11H17NO2/c13-6-4-10-8-11(14)7-9-3-1-2-5-12(9)10/h1,3,9-10,13H,2,4-8H2. The van der Waals surface area contributed by atoms with Crippen LogP contribution in [0.3, 0.4) is 0 Å². The molecule has 2 heterocycles. The number of rotatable bonds is 2. The van der Waals surface area contributed by atoms with Crippen molar-refractivity contribution in [2.24, 2.45) is 0 Å². The fraction of sp³-hybridized carbons (Fsp3) is 0.727. The molecule has 0 radical (unpaired) electrons. The molecule has 0 aromatic rings. The SMILES string of the molecule is O=C1CC2C=CCCN2C(CCO)C1. The zero-order chi connectivity index (χ0) is 9.97. The van der Waals surface area contributed by atoms with Crippen molar-refractivity contribution in [1.29, 1.82) is 0 Å². The summed E-state index contributed by atoms with van der Waals surface area (Å²) in [4.78, 5) is 13.8. The molecular formula is C11H17NO2. The topological polar surface area (TPSA) is 40.5 Å². The van der Waals surface area contributed by atoms with E-state index in [1.807, 2.05) is 0 Å². The summed E-state index contributed by atoms with van der Waals surface area (Å²) in [6.45, 7) is 1.23. The maximum absolute atomic E-state index is 11.5. The van der Waals surface area contributed by atoms with E-state index in [2.05, 4.69) is 17.1 Å². The molecule has 0 amide bonds. The minimum atomic E-state index is 0.185. The van der Waals surface area contributed by atoms with Gasteiger partial charge in [-0.05, 0) is 12.8 Å². The highest BCUT2D eigenvalue weighted by atomic mass is 16.3. The number of Topliss-reactive ketones (excluding diaryl/α,β-unsaturated/α-hetero) is 1. The molecule has 14 heavy (non-hydrogen) atoms. The van der Waals surface area contributed by atoms with Gasteiger partial charge in [0.2, 0.25) is 0 Å². The van der Waals surface area contributed by atoms with E-state index in [0.29, 0.717) is 24.7 Å². The first-order valence-corrected chi connectivity index (χ1v) is 5.36. The first kappa shape index (κ1) is 9.87. The maximum Gasteiger partial charge on any atom is 0.136 e. The van der Waals surface area contributed by atoms with Crippen molar-refractivity contribution < 1.29 is 9.90 Å². The third-order valence-corrected chi connectivity index (χ3v) is 3.17. The van der Waals surface area contributed by atoms with Crippen LogP contribution in [0.5, 0.6) is 0 Å². The van der Waals surface area contributed by atoms with Gasteiger partial charge in [0.25, 0.3) is 0 Å². The first-order chi connectivity index (χ1) is 6.81. The van der Waals surface area contributed by atoms with Gasteiger partial charge in [0.15, 0.2) is 0 Å². The minimum Gasteiger partial charge on any atom is -0.396 e. The Morgan fingerprint density at radius 2 is 2.36 bits per heavy atom. The second-order valence-electron chi connectivity index (χ2n) is 4.14. The first-order valence-electron chi connectivity index (χ1n) is 5.36. The summed E-state index contributed by atoms with van der Waals surface area (Å²) >= 11 is 0. The van der Waals surface area contributed by atoms with Gasteiger partial charge < -0.3 is 5.11 Å². The van der Waals surface area contributed by atoms with Crippen molar-refractivity contribution in [3.63, 3.8) is 0 Å². The van der Waals surface area contributed by atoms with Crippen molar-refractivity contribution in [3.05, 3.63) is 12.2 Å². The normalized spacial score (nSPS) is 33.1. The number of nitrogens with zero attached hydrogens (tertiary/aromatic N) is 1. The van der Waals surface area contributed by atoms with Crippen molar-refractivity contribution in [2.75, 3.05) is 13.2 Å². The molecule has 0 aliphatic carbocycles. The van der Waals surface area contributed by atoms with Crippen LogP contribution >= 0.6 is 0 Å². The van der Waals surface area contributed by atoms with E-state index in [4.69, 9.17) is 5.11 Å². The summed E-state index contributed by atoms with van der Waals surface area (Å²) < 4.78 is 0. The van der Waals surface area contributed by atoms with E-state index in [0.717, 1.165) is 19.4 Å². The maximum atomic E-state index is 11.5. The number of fused-ring (bicyclic) bond motifs is 1. The second-order valence-corrected chi connectivity index (χ2v) is 4.14. The zero-order valence-corrected chi connectivity index (χ0v) is 8.35. The number of carbonyl (C=O) groups excluding carboxylic acids is 1. The van der Waals surface area contributed by atoms with Crippen LogP contribution in [0.2, 0.25) is 0 Å². The number of ketones is 1. The average molecular weight is 195 g/mol. The lowest BCUT2D eigenvalue weighted by molar-refractivity contribution is -0.124. The number of aliphatic hydroxyl groups is 1. The van der Waals surface area contributed by atoms with Gasteiger partial charge in [0, 0.05) is 38.1 Å². The molecular weight excluding hydrogens is 178 g/mol. The Labute approximate surface area is 84.4 Å². The molecule has 0 spiro atoms. The number of piperidine rings is 1. The van der Waals surface area contributed by atoms with Gasteiger partial charge in [-0.3, -0.25) is 9.69 Å². The molecule has 2 rings (SSSR count). The Balaban J connectivity index is 2.09. The van der Waals surface area contributed by atoms with Gasteiger partial charge in [-0.25, -0.2) is 0 Å². The molecule has 1 N–H and O–H groups in total. The number of carbonyl (C=O) groups is 1. The largest absolute Gasteiger partial charge is 0.396 e. The molecule has 2 aliphatic rings. The number of hydrogen-bond donors (Lipinski definition) is 1. The highest BCUT2D eigenvalue weighted by Crippen LogP contribution is 2.26. The van der Waals surface area contributed by atoms with Crippen molar-refractivity contribution in [3.8, 4) is 0 Å². The van der Waals surface area contributed by atoms with Crippen molar-refractivity contribution >= 4 is 5.78 Å². The lowest BCUT2D eigenvalue weighted by atomic mass is 9.90. The Hall–Kier alpha value is -0.670. The van der Waals surface area contributed by atoms with Crippen LogP contribution in [-0.4, -0.2) is 41.0 Å². The van der Waals surface area contributed by atoms with Crippen LogP contribution in [0.4, 0.5) is 0 Å². The zero-order valence-electron chi connectivity index (χ0n) is 8.35. The van der Waals surface area contributed by atoms with E-state index in [9.17, 15) is 4.79 Å². The predicted octanol–water partition coefficient (Wildman–Crippen LogP) is 0.731. The molecule has 2 aliphatic heterocycles. The number of hydrogen-bond acceptors (Lipinski definition) is 3. The van der Waals surface area contributed by atoms with Gasteiger partial charge >= 0.3 is 0 Å². The van der Waals surface area contributed by atoms with Crippen LogP contribution in [0.1, 0.15) is 25.7 Å². The van der Waals surface area contributed by atoms with E-state index >= 15 is 0 Å². The van der Waals surface area contributed by atoms with Gasteiger partial charge in [0.1, 0.15) is 5.78 Å². The average Bonchev–Trinajstić information content (AvgIpc) is 2.18. The molecule has 3 heteroatoms. The Morgan fingerprint density at radius 1 is 1.50 bits per heavy atom. The molecule has 2 atom stereocenters. The van der Waals surface area contributed by atoms with E-state index < -0.39 is 0 Å². The summed E-state index contributed by atoms with van der Waals surface area (Å²) in [6, 6.07) is 0.581. The van der Waals surface area contributed by atoms with Crippen LogP contribution in [0.15, 0.2) is 12.2 Å². The van der Waals surface area contributed by atoms with E-state index in [1.165, 1.54) is 0 Å². The fourth-order valence-corrected chi connectivity index (χ4v) is 2.51. The minimum absolute atomic E-state index is 0.185. The second kappa shape index (κ2) is 4.24. The highest BCUT2D eigenvalue weighted by molar-refractivity contribution is 5.80. The third-order valence-electron chi connectivity index (χ3n) is 3.17. The summed E-state index contributed by atoms with van der Waals surface area (Å²) in [5, 5.41) is 8.94. The van der Waals surface area contributed by atoms with Crippen molar-refractivity contribution in [2.45, 2.75) is 37.8 Å². The summed E-state index contributed by atoms with van der Waals surface area (Å²) in [7, 11) is 0.